The van der Waals surface area contributed by atoms with Crippen molar-refractivity contribution in [2.45, 2.75) is 38.6 Å². The molecule has 9 heteroatoms. The monoisotopic (exact) mass is 435 g/mol. The molecule has 0 radical (unpaired) electrons. The largest absolute Gasteiger partial charge is 0.364 e. The van der Waals surface area contributed by atoms with Gasteiger partial charge in [-0.15, -0.1) is 0 Å². The van der Waals surface area contributed by atoms with Crippen LogP contribution in [0.5, 0.6) is 0 Å². The Balaban J connectivity index is 0.000000735. The number of anilines is 2. The predicted octanol–water partition coefficient (Wildman–Crippen LogP) is 2.16. The van der Waals surface area contributed by atoms with E-state index >= 15 is 0 Å². The Morgan fingerprint density at radius 2 is 1.87 bits per heavy atom. The highest BCUT2D eigenvalue weighted by Crippen LogP contribution is 2.47. The summed E-state index contributed by atoms with van der Waals surface area (Å²) in [7, 11) is -2.60. The quantitative estimate of drug-likeness (QED) is 0.526. The molecule has 162 valence electrons. The summed E-state index contributed by atoms with van der Waals surface area (Å²) in [5, 5.41) is 14.5. The number of nitro benzene ring substituents is 1. The summed E-state index contributed by atoms with van der Waals surface area (Å²) in [6.45, 7) is 7.37. The third kappa shape index (κ3) is 5.70. The average molecular weight is 436 g/mol. The van der Waals surface area contributed by atoms with Gasteiger partial charge in [0.25, 0.3) is 16.5 Å². The number of hydrogen-bond acceptors (Lipinski definition) is 7. The summed E-state index contributed by atoms with van der Waals surface area (Å²) >= 11 is 0. The molecule has 2 aromatic rings. The number of non-ortho nitro benzene ring substituents is 1. The first-order valence-corrected chi connectivity index (χ1v) is 10.4. The van der Waals surface area contributed by atoms with Crippen LogP contribution in [-0.2, 0) is 5.41 Å². The molecule has 1 atom stereocenters. The molecule has 0 aromatic heterocycles. The molecule has 1 unspecified atom stereocenters. The Labute approximate surface area is 179 Å². The van der Waals surface area contributed by atoms with E-state index in [9.17, 15) is 10.1 Å². The Hall–Kier alpha value is -2.65. The van der Waals surface area contributed by atoms with Crippen LogP contribution in [0.3, 0.4) is 0 Å². The highest BCUT2D eigenvalue weighted by Gasteiger charge is 2.43. The van der Waals surface area contributed by atoms with Gasteiger partial charge < -0.3 is 19.5 Å². The molecule has 0 saturated heterocycles. The first-order valence-electron chi connectivity index (χ1n) is 9.46. The minimum Gasteiger partial charge on any atom is -0.364 e. The van der Waals surface area contributed by atoms with Crippen LogP contribution in [0, 0.1) is 20.9 Å². The van der Waals surface area contributed by atoms with Gasteiger partial charge in [0.05, 0.1) is 11.0 Å². The average Bonchev–Trinajstić information content (AvgIpc) is 2.89. The van der Waals surface area contributed by atoms with Gasteiger partial charge in [0.2, 0.25) is 0 Å². The Morgan fingerprint density at radius 3 is 2.43 bits per heavy atom. The smallest absolute Gasteiger partial charge is 0.282 e. The molecule has 0 spiro atoms. The van der Waals surface area contributed by atoms with E-state index in [1.165, 1.54) is 0 Å². The molecule has 0 aliphatic carbocycles. The molecule has 1 aliphatic heterocycles. The second-order valence-electron chi connectivity index (χ2n) is 7.39. The lowest BCUT2D eigenvalue weighted by atomic mass is 9.80. The summed E-state index contributed by atoms with van der Waals surface area (Å²) in [5.74, 6) is 0. The van der Waals surface area contributed by atoms with E-state index in [1.807, 2.05) is 42.6 Å². The van der Waals surface area contributed by atoms with Crippen molar-refractivity contribution in [2.75, 3.05) is 16.8 Å². The minimum atomic E-state index is -2.60. The molecule has 2 aromatic carbocycles. The van der Waals surface area contributed by atoms with Gasteiger partial charge in [-0.2, -0.15) is 0 Å². The van der Waals surface area contributed by atoms with Crippen molar-refractivity contribution in [3.8, 4) is 0 Å². The highest BCUT2D eigenvalue weighted by molar-refractivity contribution is 5.68. The van der Waals surface area contributed by atoms with Gasteiger partial charge in [0, 0.05) is 40.1 Å². The third-order valence-corrected chi connectivity index (χ3v) is 5.04. The molecular weight excluding hydrogens is 410 g/mol. The second kappa shape index (κ2) is 10.4. The van der Waals surface area contributed by atoms with Crippen LogP contribution in [0.25, 0.3) is 0 Å². The van der Waals surface area contributed by atoms with Crippen molar-refractivity contribution in [1.29, 1.82) is 0 Å². The predicted molar refractivity (Wildman–Crippen MR) is 109 cm³/mol. The van der Waals surface area contributed by atoms with Crippen LogP contribution >= 0.6 is 0 Å². The molecule has 0 bridgehead atoms. The molecule has 8 nitrogen and oxygen atoms in total. The van der Waals surface area contributed by atoms with E-state index in [-0.39, 0.29) is 22.1 Å². The summed E-state index contributed by atoms with van der Waals surface area (Å²) in [4.78, 5) is 13.2. The van der Waals surface area contributed by atoms with E-state index in [2.05, 4.69) is 37.1 Å². The number of nitro groups is 1. The maximum absolute atomic E-state index is 11.2. The van der Waals surface area contributed by atoms with Crippen LogP contribution < -0.4 is 19.5 Å². The van der Waals surface area contributed by atoms with Crippen LogP contribution in [-0.4, -0.2) is 22.2 Å². The lowest BCUT2D eigenvalue weighted by Crippen LogP contribution is -2.40. The Morgan fingerprint density at radius 1 is 1.23 bits per heavy atom. The standard InChI is InChI=1S/C21H25N3O2.ClHO3/c1-4-14-23-19-11-10-17(24(25)26)15-18(19)21(2,3)20(23)12-13-22-16-8-6-5-7-9-16;2-1(3)4/h5-13,15,20,22H,4,14H2,1-3H3;2H/b13-12+;. The Kier molecular flexibility index (Phi) is 8.19. The van der Waals surface area contributed by atoms with Crippen LogP contribution in [0.1, 0.15) is 32.8 Å². The van der Waals surface area contributed by atoms with Gasteiger partial charge in [-0.3, -0.25) is 10.1 Å². The van der Waals surface area contributed by atoms with Crippen molar-refractivity contribution in [3.05, 3.63) is 76.5 Å². The lowest BCUT2D eigenvalue weighted by molar-refractivity contribution is -1.63. The number of nitrogens with zero attached hydrogens (tertiary/aromatic N) is 2. The zero-order chi connectivity index (χ0) is 22.3. The van der Waals surface area contributed by atoms with Crippen molar-refractivity contribution >= 4 is 17.1 Å². The SMILES string of the molecule is CCCN1c2ccc([N+](=O)[O-])cc2C(C)(C)C1/C=C/Nc1ccccc1.[O-][Cl+2]([O-])O. The van der Waals surface area contributed by atoms with Gasteiger partial charge in [-0.1, -0.05) is 39.0 Å². The summed E-state index contributed by atoms with van der Waals surface area (Å²) in [6, 6.07) is 15.4. The van der Waals surface area contributed by atoms with Gasteiger partial charge in [0.15, 0.2) is 0 Å². The number of nitrogens with one attached hydrogen (secondary N) is 1. The highest BCUT2D eigenvalue weighted by atomic mass is 35.6. The summed E-state index contributed by atoms with van der Waals surface area (Å²) < 4.78 is 24.0. The topological polar surface area (TPSA) is 125 Å². The zero-order valence-corrected chi connectivity index (χ0v) is 17.9. The normalized spacial score (nSPS) is 16.9. The lowest BCUT2D eigenvalue weighted by Gasteiger charge is -2.32. The van der Waals surface area contributed by atoms with E-state index in [0.29, 0.717) is 0 Å². The number of hydrogen-bond donors (Lipinski definition) is 2. The van der Waals surface area contributed by atoms with Crippen molar-refractivity contribution < 1.29 is 29.7 Å². The molecule has 1 aliphatic rings. The minimum absolute atomic E-state index is 0.135. The van der Waals surface area contributed by atoms with E-state index < -0.39 is 10.8 Å². The number of halogens is 1. The van der Waals surface area contributed by atoms with Gasteiger partial charge in [-0.05, 0) is 42.5 Å². The van der Waals surface area contributed by atoms with Gasteiger partial charge in [-0.25, -0.2) is 0 Å². The maximum Gasteiger partial charge on any atom is 0.282 e. The van der Waals surface area contributed by atoms with Gasteiger partial charge >= 0.3 is 0 Å². The molecular formula is C21H26ClN3O5. The van der Waals surface area contributed by atoms with Crippen LogP contribution in [0.15, 0.2) is 60.8 Å². The van der Waals surface area contributed by atoms with Gasteiger partial charge in [0.1, 0.15) is 0 Å². The fourth-order valence-corrected chi connectivity index (χ4v) is 3.72. The Bertz CT molecular complexity index is 871. The fourth-order valence-electron chi connectivity index (χ4n) is 3.72. The first kappa shape index (κ1) is 23.6. The molecule has 0 saturated carbocycles. The molecule has 3 rings (SSSR count). The summed E-state index contributed by atoms with van der Waals surface area (Å²) in [5.41, 5.74) is 3.10. The molecule has 0 fully saturated rings. The fraction of sp³-hybridized carbons (Fsp3) is 0.333. The summed E-state index contributed by atoms with van der Waals surface area (Å²) in [6.07, 6.45) is 5.15. The molecule has 1 heterocycles. The maximum atomic E-state index is 11.2. The van der Waals surface area contributed by atoms with E-state index in [0.717, 1.165) is 29.9 Å². The number of benzene rings is 2. The third-order valence-electron chi connectivity index (χ3n) is 5.04. The first-order chi connectivity index (χ1) is 14.2. The zero-order valence-electron chi connectivity index (χ0n) is 17.1. The van der Waals surface area contributed by atoms with Crippen molar-refractivity contribution in [2.24, 2.45) is 0 Å². The number of rotatable bonds is 6. The molecule has 30 heavy (non-hydrogen) atoms. The van der Waals surface area contributed by atoms with Crippen LogP contribution in [0.4, 0.5) is 17.1 Å². The van der Waals surface area contributed by atoms with E-state index in [4.69, 9.17) is 14.0 Å². The van der Waals surface area contributed by atoms with Crippen molar-refractivity contribution in [3.63, 3.8) is 0 Å². The second-order valence-corrected chi connectivity index (χ2v) is 7.79. The molecule has 0 amide bonds. The molecule has 2 N–H and O–H groups in total. The van der Waals surface area contributed by atoms with E-state index in [1.54, 1.807) is 12.1 Å². The van der Waals surface area contributed by atoms with Crippen LogP contribution in [0.2, 0.25) is 0 Å². The number of para-hydroxylation sites is 1. The van der Waals surface area contributed by atoms with Crippen molar-refractivity contribution in [1.82, 2.24) is 0 Å². The number of fused-ring (bicyclic) bond motifs is 1.